The molecule has 3 heteroatoms. The van der Waals surface area contributed by atoms with Gasteiger partial charge in [-0.15, -0.1) is 11.3 Å². The van der Waals surface area contributed by atoms with Gasteiger partial charge >= 0.3 is 0 Å². The van der Waals surface area contributed by atoms with Crippen LogP contribution in [-0.4, -0.2) is 28.2 Å². The van der Waals surface area contributed by atoms with E-state index >= 15 is 0 Å². The Bertz CT molecular complexity index is 899. The number of aryl methyl sites for hydroxylation is 2. The first kappa shape index (κ1) is 15.0. The number of fused-ring (bicyclic) bond motifs is 2. The van der Waals surface area contributed by atoms with E-state index in [0.29, 0.717) is 0 Å². The van der Waals surface area contributed by atoms with Gasteiger partial charge in [0, 0.05) is 41.5 Å². The number of hydrogen-bond acceptors (Lipinski definition) is 2. The second kappa shape index (κ2) is 5.40. The van der Waals surface area contributed by atoms with E-state index in [0.717, 1.165) is 0 Å². The summed E-state index contributed by atoms with van der Waals surface area (Å²) in [6, 6.07) is 11.5. The van der Waals surface area contributed by atoms with Crippen LogP contribution in [0.1, 0.15) is 11.1 Å². The summed E-state index contributed by atoms with van der Waals surface area (Å²) in [7, 11) is 8.39. The predicted molar refractivity (Wildman–Crippen MR) is 99.4 cm³/mol. The van der Waals surface area contributed by atoms with E-state index in [1.165, 1.54) is 42.7 Å². The van der Waals surface area contributed by atoms with Crippen molar-refractivity contribution < 1.29 is 0 Å². The summed E-state index contributed by atoms with van der Waals surface area (Å²) < 4.78 is 3.52. The van der Waals surface area contributed by atoms with Crippen molar-refractivity contribution >= 4 is 27.1 Å². The van der Waals surface area contributed by atoms with Crippen molar-refractivity contribution in [2.24, 2.45) is 0 Å². The number of anilines is 1. The lowest BCUT2D eigenvalue weighted by molar-refractivity contribution is 0.813. The Morgan fingerprint density at radius 3 is 2.27 bits per heavy atom. The summed E-state index contributed by atoms with van der Waals surface area (Å²) in [4.78, 5) is 3.52. The maximum atomic E-state index is 2.35. The molecule has 0 aromatic heterocycles. The molecule has 0 spiro atoms. The summed E-state index contributed by atoms with van der Waals surface area (Å²) in [5.41, 5.74) is 5.32. The Hall–Kier alpha value is -1.87. The summed E-state index contributed by atoms with van der Waals surface area (Å²) in [5, 5.41) is 2.63. The smallest absolute Gasteiger partial charge is 0.201 e. The van der Waals surface area contributed by atoms with Gasteiger partial charge in [0.1, 0.15) is 14.1 Å². The number of nitrogens with zero attached hydrogens (tertiary/aromatic N) is 2. The minimum atomic E-state index is 1.26. The van der Waals surface area contributed by atoms with Crippen LogP contribution in [0.3, 0.4) is 0 Å². The summed E-state index contributed by atoms with van der Waals surface area (Å²) >= 11 is 1.89. The zero-order chi connectivity index (χ0) is 16.0. The first-order valence-electron chi connectivity index (χ1n) is 7.53. The van der Waals surface area contributed by atoms with E-state index in [1.54, 1.807) is 0 Å². The van der Waals surface area contributed by atoms with Gasteiger partial charge in [-0.1, -0.05) is 0 Å². The molecular formula is C19H23N2S+. The molecule has 114 valence electrons. The summed E-state index contributed by atoms with van der Waals surface area (Å²) in [6.45, 7) is 4.41. The maximum Gasteiger partial charge on any atom is 0.201 e. The highest BCUT2D eigenvalue weighted by atomic mass is 32.1. The van der Waals surface area contributed by atoms with Gasteiger partial charge in [-0.3, -0.25) is 0 Å². The van der Waals surface area contributed by atoms with Crippen LogP contribution in [0.15, 0.2) is 30.3 Å². The van der Waals surface area contributed by atoms with Crippen LogP contribution in [0.2, 0.25) is 0 Å². The van der Waals surface area contributed by atoms with Gasteiger partial charge in [0.15, 0.2) is 0 Å². The lowest BCUT2D eigenvalue weighted by Crippen LogP contribution is -2.21. The normalized spacial score (nSPS) is 11.2. The van der Waals surface area contributed by atoms with Crippen molar-refractivity contribution in [3.8, 4) is 10.4 Å². The highest BCUT2D eigenvalue weighted by Crippen LogP contribution is 2.37. The molecule has 22 heavy (non-hydrogen) atoms. The zero-order valence-electron chi connectivity index (χ0n) is 14.2. The Labute approximate surface area is 136 Å². The number of hydrogen-bond donors (Lipinski definition) is 0. The molecule has 2 aliphatic rings. The molecule has 1 aliphatic heterocycles. The number of benzene rings is 2. The third kappa shape index (κ3) is 2.50. The van der Waals surface area contributed by atoms with Crippen LogP contribution in [0, 0.1) is 13.8 Å². The highest BCUT2D eigenvalue weighted by molar-refractivity contribution is 7.21. The minimum Gasteiger partial charge on any atom is -0.378 e. The molecule has 0 bridgehead atoms. The standard InChI is InChI=1S/C19H23N2S/c1-12-7-14(20(3)4)9-18-16(12)11-17-13(2)8-15(21(5)6)10-19(17)22-18/h7-11H,1-6H3/q+1. The number of rotatable bonds is 1. The van der Waals surface area contributed by atoms with Gasteiger partial charge in [-0.05, 0) is 54.1 Å². The van der Waals surface area contributed by atoms with Gasteiger partial charge in [-0.25, -0.2) is 4.58 Å². The van der Waals surface area contributed by atoms with Crippen molar-refractivity contribution in [1.82, 2.24) is 4.58 Å². The third-order valence-electron chi connectivity index (χ3n) is 4.21. The fraction of sp³-hybridized carbons (Fsp3) is 0.316. The van der Waals surface area contributed by atoms with Crippen LogP contribution >= 0.6 is 11.3 Å². The predicted octanol–water partition coefficient (Wildman–Crippen LogP) is 3.72. The molecule has 2 nitrogen and oxygen atoms in total. The topological polar surface area (TPSA) is 6.25 Å². The molecule has 0 N–H and O–H groups in total. The summed E-state index contributed by atoms with van der Waals surface area (Å²) in [5.74, 6) is 0. The minimum absolute atomic E-state index is 1.26. The largest absolute Gasteiger partial charge is 0.378 e. The van der Waals surface area contributed by atoms with Gasteiger partial charge in [0.05, 0.1) is 0 Å². The molecule has 0 fully saturated rings. The van der Waals surface area contributed by atoms with Crippen molar-refractivity contribution in [2.45, 2.75) is 13.8 Å². The third-order valence-corrected chi connectivity index (χ3v) is 5.32. The fourth-order valence-electron chi connectivity index (χ4n) is 2.81. The SMILES string of the molecule is Cc1cc(=[N+](C)C)cc2sc3cc(N(C)C)cc(C)c3cc1-2. The van der Waals surface area contributed by atoms with Crippen LogP contribution in [0.5, 0.6) is 0 Å². The lowest BCUT2D eigenvalue weighted by atomic mass is 10.0. The average molecular weight is 311 g/mol. The molecule has 0 radical (unpaired) electrons. The first-order chi connectivity index (χ1) is 10.4. The Balaban J connectivity index is 2.42. The van der Waals surface area contributed by atoms with Crippen molar-refractivity contribution in [2.75, 3.05) is 33.1 Å². The molecule has 3 rings (SSSR count). The maximum absolute atomic E-state index is 2.35. The fourth-order valence-corrected chi connectivity index (χ4v) is 4.07. The van der Waals surface area contributed by atoms with E-state index in [2.05, 4.69) is 81.8 Å². The molecular weight excluding hydrogens is 288 g/mol. The zero-order valence-corrected chi connectivity index (χ0v) is 15.0. The Morgan fingerprint density at radius 1 is 0.909 bits per heavy atom. The quantitative estimate of drug-likeness (QED) is 0.490. The lowest BCUT2D eigenvalue weighted by Gasteiger charge is -2.16. The van der Waals surface area contributed by atoms with E-state index < -0.39 is 0 Å². The Morgan fingerprint density at radius 2 is 1.64 bits per heavy atom. The second-order valence-electron chi connectivity index (χ2n) is 6.38. The average Bonchev–Trinajstić information content (AvgIpc) is 2.45. The molecule has 0 atom stereocenters. The Kier molecular flexibility index (Phi) is 3.69. The van der Waals surface area contributed by atoms with E-state index in [9.17, 15) is 0 Å². The van der Waals surface area contributed by atoms with Gasteiger partial charge < -0.3 is 4.90 Å². The molecule has 0 saturated carbocycles. The van der Waals surface area contributed by atoms with E-state index in [4.69, 9.17) is 0 Å². The van der Waals surface area contributed by atoms with Crippen molar-refractivity contribution in [3.05, 3.63) is 46.8 Å². The van der Waals surface area contributed by atoms with Crippen LogP contribution < -0.4 is 14.8 Å². The summed E-state index contributed by atoms with van der Waals surface area (Å²) in [6.07, 6.45) is 0. The molecule has 0 unspecified atom stereocenters. The van der Waals surface area contributed by atoms with Crippen LogP contribution in [0.4, 0.5) is 5.69 Å². The molecule has 0 amide bonds. The monoisotopic (exact) mass is 311 g/mol. The van der Waals surface area contributed by atoms with Crippen molar-refractivity contribution in [1.29, 1.82) is 0 Å². The molecule has 1 aromatic rings. The molecule has 1 heterocycles. The van der Waals surface area contributed by atoms with Gasteiger partial charge in [0.25, 0.3) is 0 Å². The van der Waals surface area contributed by atoms with Gasteiger partial charge in [0.2, 0.25) is 5.36 Å². The molecule has 1 aromatic carbocycles. The second-order valence-corrected chi connectivity index (χ2v) is 7.47. The van der Waals surface area contributed by atoms with Crippen LogP contribution in [0.25, 0.3) is 20.5 Å². The highest BCUT2D eigenvalue weighted by Gasteiger charge is 2.13. The van der Waals surface area contributed by atoms with Crippen molar-refractivity contribution in [3.63, 3.8) is 0 Å². The van der Waals surface area contributed by atoms with E-state index in [-0.39, 0.29) is 0 Å². The molecule has 1 aliphatic carbocycles. The van der Waals surface area contributed by atoms with Crippen LogP contribution in [-0.2, 0) is 0 Å². The van der Waals surface area contributed by atoms with E-state index in [1.807, 2.05) is 11.3 Å². The molecule has 0 saturated heterocycles. The van der Waals surface area contributed by atoms with Gasteiger partial charge in [-0.2, -0.15) is 0 Å². The first-order valence-corrected chi connectivity index (χ1v) is 8.35.